The molecular formula is C6H5BrCl2N2. The molecule has 1 aromatic carbocycles. The number of hydrazine groups is 1. The summed E-state index contributed by atoms with van der Waals surface area (Å²) in [6.45, 7) is 0. The first kappa shape index (κ1) is 9.13. The third-order valence-corrected chi connectivity index (χ3v) is 2.56. The van der Waals surface area contributed by atoms with Gasteiger partial charge < -0.3 is 0 Å². The highest BCUT2D eigenvalue weighted by atomic mass is 79.9. The van der Waals surface area contributed by atoms with E-state index in [1.165, 1.54) is 0 Å². The lowest BCUT2D eigenvalue weighted by atomic mass is 10.3. The molecule has 0 radical (unpaired) electrons. The maximum atomic E-state index is 5.74. The Hall–Kier alpha value is 0.0400. The van der Waals surface area contributed by atoms with Gasteiger partial charge in [-0.15, -0.1) is 0 Å². The van der Waals surface area contributed by atoms with Crippen LogP contribution in [0, 0.1) is 0 Å². The van der Waals surface area contributed by atoms with Crippen LogP contribution in [-0.4, -0.2) is 0 Å². The first-order chi connectivity index (χ1) is 5.11. The Morgan fingerprint density at radius 3 is 2.55 bits per heavy atom. The SMILES string of the molecule is NN(Cl)c1ccc(Cl)c(Br)c1. The number of anilines is 1. The molecule has 0 aliphatic carbocycles. The standard InChI is InChI=1S/C6H5BrCl2N2/c7-5-3-4(11(9)10)1-2-6(5)8/h1-3H,10H2. The van der Waals surface area contributed by atoms with E-state index in [0.29, 0.717) is 10.7 Å². The second-order valence-corrected chi connectivity index (χ2v) is 3.54. The molecule has 0 aliphatic rings. The summed E-state index contributed by atoms with van der Waals surface area (Å²) in [5.41, 5.74) is 0.683. The number of hydrogen-bond donors (Lipinski definition) is 1. The molecule has 0 bridgehead atoms. The molecule has 11 heavy (non-hydrogen) atoms. The summed E-state index contributed by atoms with van der Waals surface area (Å²) < 4.78 is 1.77. The zero-order valence-corrected chi connectivity index (χ0v) is 8.49. The molecule has 2 N–H and O–H groups in total. The van der Waals surface area contributed by atoms with Crippen molar-refractivity contribution in [2.24, 2.45) is 5.84 Å². The number of nitrogens with two attached hydrogens (primary N) is 1. The Morgan fingerprint density at radius 1 is 1.45 bits per heavy atom. The highest BCUT2D eigenvalue weighted by Gasteiger charge is 2.00. The van der Waals surface area contributed by atoms with Gasteiger partial charge in [0.2, 0.25) is 0 Å². The van der Waals surface area contributed by atoms with Gasteiger partial charge in [-0.05, 0) is 34.1 Å². The lowest BCUT2D eigenvalue weighted by molar-refractivity contribution is 1.19. The molecule has 0 saturated carbocycles. The van der Waals surface area contributed by atoms with Crippen LogP contribution in [0.1, 0.15) is 0 Å². The van der Waals surface area contributed by atoms with E-state index in [-0.39, 0.29) is 0 Å². The number of halogens is 3. The van der Waals surface area contributed by atoms with Crippen molar-refractivity contribution in [1.29, 1.82) is 0 Å². The van der Waals surface area contributed by atoms with E-state index in [9.17, 15) is 0 Å². The van der Waals surface area contributed by atoms with Crippen molar-refractivity contribution in [2.75, 3.05) is 4.53 Å². The van der Waals surface area contributed by atoms with Crippen LogP contribution in [0.15, 0.2) is 22.7 Å². The normalized spacial score (nSPS) is 9.82. The fourth-order valence-corrected chi connectivity index (χ4v) is 1.21. The topological polar surface area (TPSA) is 29.3 Å². The minimum Gasteiger partial charge on any atom is -0.232 e. The summed E-state index contributed by atoms with van der Waals surface area (Å²) in [6.07, 6.45) is 0. The predicted octanol–water partition coefficient (Wildman–Crippen LogP) is 2.94. The van der Waals surface area contributed by atoms with Crippen molar-refractivity contribution in [3.8, 4) is 0 Å². The van der Waals surface area contributed by atoms with Crippen molar-refractivity contribution >= 4 is 45.0 Å². The van der Waals surface area contributed by atoms with Gasteiger partial charge in [-0.3, -0.25) is 0 Å². The highest BCUT2D eigenvalue weighted by molar-refractivity contribution is 9.10. The second kappa shape index (κ2) is 3.63. The Morgan fingerprint density at radius 2 is 2.09 bits per heavy atom. The number of benzene rings is 1. The van der Waals surface area contributed by atoms with E-state index >= 15 is 0 Å². The minimum absolute atomic E-state index is 0.632. The average molecular weight is 256 g/mol. The first-order valence-corrected chi connectivity index (χ1v) is 4.28. The van der Waals surface area contributed by atoms with Gasteiger partial charge in [-0.25, -0.2) is 10.4 Å². The van der Waals surface area contributed by atoms with Crippen LogP contribution in [-0.2, 0) is 0 Å². The summed E-state index contributed by atoms with van der Waals surface area (Å²) in [4.78, 5) is 0. The number of hydrogen-bond acceptors (Lipinski definition) is 2. The molecule has 0 aliphatic heterocycles. The third-order valence-electron chi connectivity index (χ3n) is 1.15. The molecule has 5 heteroatoms. The molecule has 0 fully saturated rings. The molecule has 0 unspecified atom stereocenters. The lowest BCUT2D eigenvalue weighted by Gasteiger charge is -2.08. The van der Waals surface area contributed by atoms with Gasteiger partial charge in [0.25, 0.3) is 0 Å². The fourth-order valence-electron chi connectivity index (χ4n) is 0.618. The maximum absolute atomic E-state index is 5.74. The fraction of sp³-hybridized carbons (Fsp3) is 0. The van der Waals surface area contributed by atoms with Crippen molar-refractivity contribution in [1.82, 2.24) is 0 Å². The molecule has 60 valence electrons. The molecule has 0 amide bonds. The molecule has 0 heterocycles. The first-order valence-electron chi connectivity index (χ1n) is 2.77. The lowest BCUT2D eigenvalue weighted by Crippen LogP contribution is -2.17. The Labute approximate surface area is 83.1 Å². The smallest absolute Gasteiger partial charge is 0.0715 e. The third kappa shape index (κ3) is 2.24. The largest absolute Gasteiger partial charge is 0.232 e. The minimum atomic E-state index is 0.632. The number of nitrogens with zero attached hydrogens (tertiary/aromatic N) is 1. The van der Waals surface area contributed by atoms with E-state index in [0.717, 1.165) is 9.00 Å². The van der Waals surface area contributed by atoms with Crippen LogP contribution in [0.25, 0.3) is 0 Å². The van der Waals surface area contributed by atoms with Crippen LogP contribution >= 0.6 is 39.3 Å². The summed E-state index contributed by atoms with van der Waals surface area (Å²) in [5.74, 6) is 5.27. The van der Waals surface area contributed by atoms with Gasteiger partial charge in [-0.1, -0.05) is 11.6 Å². The summed E-state index contributed by atoms with van der Waals surface area (Å²) in [7, 11) is 0. The molecule has 2 nitrogen and oxygen atoms in total. The molecule has 1 rings (SSSR count). The van der Waals surface area contributed by atoms with E-state index in [1.54, 1.807) is 18.2 Å². The van der Waals surface area contributed by atoms with Gasteiger partial charge in [0.15, 0.2) is 0 Å². The second-order valence-electron chi connectivity index (χ2n) is 1.91. The summed E-state index contributed by atoms with van der Waals surface area (Å²) in [5, 5.41) is 0.632. The van der Waals surface area contributed by atoms with Crippen molar-refractivity contribution < 1.29 is 0 Å². The quantitative estimate of drug-likeness (QED) is 0.475. The average Bonchev–Trinajstić information content (AvgIpc) is 1.94. The molecule has 0 aromatic heterocycles. The molecule has 0 atom stereocenters. The van der Waals surface area contributed by atoms with Crippen LogP contribution in [0.3, 0.4) is 0 Å². The van der Waals surface area contributed by atoms with E-state index in [1.807, 2.05) is 0 Å². The van der Waals surface area contributed by atoms with Gasteiger partial charge in [0.05, 0.1) is 10.7 Å². The zero-order valence-electron chi connectivity index (χ0n) is 5.39. The molecular weight excluding hydrogens is 251 g/mol. The van der Waals surface area contributed by atoms with Gasteiger partial charge >= 0.3 is 0 Å². The number of rotatable bonds is 1. The van der Waals surface area contributed by atoms with E-state index in [4.69, 9.17) is 29.2 Å². The predicted molar refractivity (Wildman–Crippen MR) is 51.7 cm³/mol. The summed E-state index contributed by atoms with van der Waals surface area (Å²) in [6, 6.07) is 5.17. The van der Waals surface area contributed by atoms with Crippen LogP contribution in [0.4, 0.5) is 5.69 Å². The van der Waals surface area contributed by atoms with Crippen LogP contribution < -0.4 is 10.4 Å². The molecule has 1 aromatic rings. The van der Waals surface area contributed by atoms with Gasteiger partial charge in [0, 0.05) is 16.2 Å². The molecule has 0 saturated heterocycles. The van der Waals surface area contributed by atoms with Crippen molar-refractivity contribution in [3.05, 3.63) is 27.7 Å². The van der Waals surface area contributed by atoms with E-state index < -0.39 is 0 Å². The Kier molecular flexibility index (Phi) is 3.01. The highest BCUT2D eigenvalue weighted by Crippen LogP contribution is 2.26. The Balaban J connectivity index is 3.05. The van der Waals surface area contributed by atoms with Crippen molar-refractivity contribution in [2.45, 2.75) is 0 Å². The molecule has 0 spiro atoms. The zero-order chi connectivity index (χ0) is 8.43. The van der Waals surface area contributed by atoms with Crippen LogP contribution in [0.2, 0.25) is 5.02 Å². The van der Waals surface area contributed by atoms with Crippen LogP contribution in [0.5, 0.6) is 0 Å². The van der Waals surface area contributed by atoms with Crippen molar-refractivity contribution in [3.63, 3.8) is 0 Å². The van der Waals surface area contributed by atoms with Gasteiger partial charge in [0.1, 0.15) is 0 Å². The maximum Gasteiger partial charge on any atom is 0.0715 e. The summed E-state index contributed by atoms with van der Waals surface area (Å²) >= 11 is 14.5. The monoisotopic (exact) mass is 254 g/mol. The Bertz CT molecular complexity index is 265. The van der Waals surface area contributed by atoms with E-state index in [2.05, 4.69) is 15.9 Å². The van der Waals surface area contributed by atoms with Gasteiger partial charge in [-0.2, -0.15) is 0 Å².